The van der Waals surface area contributed by atoms with E-state index in [2.05, 4.69) is 30.0 Å². The van der Waals surface area contributed by atoms with Gasteiger partial charge in [-0.15, -0.1) is 15.6 Å². The van der Waals surface area contributed by atoms with Crippen LogP contribution >= 0.6 is 11.3 Å². The number of ether oxygens (including phenoxy) is 1. The third-order valence-electron chi connectivity index (χ3n) is 6.19. The lowest BCUT2D eigenvalue weighted by atomic mass is 9.84. The van der Waals surface area contributed by atoms with Crippen LogP contribution in [0.4, 0.5) is 19.6 Å². The molecule has 1 fully saturated rings. The van der Waals surface area contributed by atoms with E-state index in [1.165, 1.54) is 43.6 Å². The van der Waals surface area contributed by atoms with Crippen molar-refractivity contribution in [2.75, 3.05) is 37.8 Å². The van der Waals surface area contributed by atoms with Crippen LogP contribution in [-0.2, 0) is 33.9 Å². The minimum absolute atomic E-state index is 0.0116. The van der Waals surface area contributed by atoms with Crippen LogP contribution in [0.1, 0.15) is 25.1 Å². The summed E-state index contributed by atoms with van der Waals surface area (Å²) in [6, 6.07) is 3.03. The summed E-state index contributed by atoms with van der Waals surface area (Å²) >= 11 is 0.912. The molecule has 1 aromatic heterocycles. The highest BCUT2D eigenvalue weighted by atomic mass is 32.3. The van der Waals surface area contributed by atoms with Crippen molar-refractivity contribution in [2.24, 2.45) is 15.9 Å². The maximum absolute atomic E-state index is 13.5. The molecule has 0 bridgehead atoms. The molecule has 2 aromatic rings. The number of nitrogens with one attached hydrogen (secondary N) is 2. The van der Waals surface area contributed by atoms with Crippen molar-refractivity contribution in [3.05, 3.63) is 34.8 Å². The molecule has 0 aliphatic carbocycles. The molecular formula is C24H30F2N8O10S2. The number of carboxylic acids is 1. The second kappa shape index (κ2) is 14.3. The number of nitrogen functional groups attached to an aromatic ring is 1. The van der Waals surface area contributed by atoms with E-state index >= 15 is 0 Å². The number of aliphatic imine (C=N–C) groups is 1. The maximum Gasteiger partial charge on any atom is 0.418 e. The topological polar surface area (TPSA) is 270 Å². The second-order valence-corrected chi connectivity index (χ2v) is 11.9. The first-order chi connectivity index (χ1) is 21.4. The van der Waals surface area contributed by atoms with E-state index in [4.69, 9.17) is 25.6 Å². The van der Waals surface area contributed by atoms with E-state index in [0.29, 0.717) is 16.3 Å². The number of alkyl halides is 2. The predicted octanol–water partition coefficient (Wildman–Crippen LogP) is -0.127. The van der Waals surface area contributed by atoms with Crippen molar-refractivity contribution < 1.29 is 55.1 Å². The molecule has 1 aliphatic rings. The van der Waals surface area contributed by atoms with Gasteiger partial charge in [0.25, 0.3) is 23.8 Å². The second-order valence-electron chi connectivity index (χ2n) is 9.98. The average molecular weight is 693 g/mol. The summed E-state index contributed by atoms with van der Waals surface area (Å²) < 4.78 is 67.7. The van der Waals surface area contributed by atoms with Crippen LogP contribution in [0.15, 0.2) is 33.7 Å². The number of aromatic nitrogens is 1. The summed E-state index contributed by atoms with van der Waals surface area (Å²) in [5, 5.41) is 20.2. The normalized spacial score (nSPS) is 17.4. The number of β-lactam (4-membered cyclic amide) rings is 1. The van der Waals surface area contributed by atoms with Gasteiger partial charge in [-0.25, -0.2) is 18.6 Å². The lowest BCUT2D eigenvalue weighted by Gasteiger charge is -2.50. The molecule has 0 spiro atoms. The third-order valence-corrected chi connectivity index (χ3v) is 7.20. The number of aliphatic carboxylic acids is 1. The molecule has 46 heavy (non-hydrogen) atoms. The van der Waals surface area contributed by atoms with Crippen LogP contribution in [0, 0.1) is 0 Å². The summed E-state index contributed by atoms with van der Waals surface area (Å²) in [4.78, 5) is 50.3. The monoisotopic (exact) mass is 692 g/mol. The Hall–Kier alpha value is -4.51. The fourth-order valence-electron chi connectivity index (χ4n) is 3.76. The molecule has 18 nitrogen and oxygen atoms in total. The molecule has 0 radical (unpaired) electrons. The Morgan fingerprint density at radius 2 is 2.04 bits per heavy atom. The Kier molecular flexibility index (Phi) is 11.2. The number of amides is 2. The number of hydrogen-bond donors (Lipinski definition) is 6. The molecule has 2 amide bonds. The smallest absolute Gasteiger partial charge is 0.418 e. The molecule has 1 saturated heterocycles. The van der Waals surface area contributed by atoms with Gasteiger partial charge in [0.2, 0.25) is 0 Å². The van der Waals surface area contributed by atoms with Gasteiger partial charge >= 0.3 is 16.4 Å². The Bertz CT molecular complexity index is 1630. The molecular weight excluding hydrogens is 662 g/mol. The largest absolute Gasteiger partial charge is 0.489 e. The molecule has 3 rings (SSSR count). The van der Waals surface area contributed by atoms with Gasteiger partial charge in [-0.05, 0) is 32.0 Å². The number of rotatable bonds is 16. The summed E-state index contributed by atoms with van der Waals surface area (Å²) in [7, 11) is -3.46. The van der Waals surface area contributed by atoms with Crippen LogP contribution in [0.3, 0.4) is 0 Å². The van der Waals surface area contributed by atoms with Crippen LogP contribution in [-0.4, -0.2) is 108 Å². The summed E-state index contributed by atoms with van der Waals surface area (Å²) in [5.41, 5.74) is 9.31. The van der Waals surface area contributed by atoms with Crippen LogP contribution in [0.25, 0.3) is 0 Å². The maximum atomic E-state index is 13.5. The fourth-order valence-corrected chi connectivity index (χ4v) is 4.76. The van der Waals surface area contributed by atoms with Gasteiger partial charge in [0.05, 0.1) is 12.1 Å². The number of carbonyl (C=O) groups is 3. The third kappa shape index (κ3) is 9.03. The number of anilines is 2. The van der Waals surface area contributed by atoms with E-state index in [0.717, 1.165) is 11.3 Å². The van der Waals surface area contributed by atoms with Crippen molar-refractivity contribution in [1.82, 2.24) is 15.4 Å². The zero-order valence-corrected chi connectivity index (χ0v) is 26.0. The zero-order chi connectivity index (χ0) is 34.4. The summed E-state index contributed by atoms with van der Waals surface area (Å²) in [5.74, 6) is -6.75. The minimum atomic E-state index is -5.05. The van der Waals surface area contributed by atoms with Crippen LogP contribution in [0.2, 0.25) is 0 Å². The first-order valence-corrected chi connectivity index (χ1v) is 15.1. The number of oxime groups is 1. The lowest BCUT2D eigenvalue weighted by molar-refractivity contribution is -0.218. The first kappa shape index (κ1) is 36.0. The molecule has 22 heteroatoms. The molecule has 8 N–H and O–H groups in total. The number of carbonyl (C=O) groups excluding carboxylic acids is 2. The van der Waals surface area contributed by atoms with E-state index < -0.39 is 77.2 Å². The number of halogens is 2. The van der Waals surface area contributed by atoms with Gasteiger partial charge in [0.1, 0.15) is 30.6 Å². The van der Waals surface area contributed by atoms with Gasteiger partial charge in [0, 0.05) is 29.9 Å². The Morgan fingerprint density at radius 3 is 2.59 bits per heavy atom. The number of nitrogens with two attached hydrogens (primary N) is 2. The Labute approximate surface area is 264 Å². The number of hydrogen-bond acceptors (Lipinski definition) is 15. The average Bonchev–Trinajstić information content (AvgIpc) is 3.41. The van der Waals surface area contributed by atoms with Crippen LogP contribution < -0.4 is 26.8 Å². The van der Waals surface area contributed by atoms with E-state index in [9.17, 15) is 36.7 Å². The van der Waals surface area contributed by atoms with Crippen molar-refractivity contribution >= 4 is 62.3 Å². The van der Waals surface area contributed by atoms with Crippen molar-refractivity contribution in [2.45, 2.75) is 37.5 Å². The fraction of sp³-hybridized carbons (Fsp3) is 0.417. The highest BCUT2D eigenvalue weighted by molar-refractivity contribution is 7.80. The van der Waals surface area contributed by atoms with Gasteiger partial charge in [-0.1, -0.05) is 5.16 Å². The molecule has 1 aliphatic heterocycles. The van der Waals surface area contributed by atoms with Gasteiger partial charge in [-0.3, -0.25) is 19.1 Å². The lowest BCUT2D eigenvalue weighted by Crippen LogP contribution is -2.76. The summed E-state index contributed by atoms with van der Waals surface area (Å²) in [6.07, 6.45) is -0.631. The molecule has 0 saturated carbocycles. The summed E-state index contributed by atoms with van der Waals surface area (Å²) in [6.45, 7) is 0.266. The Morgan fingerprint density at radius 1 is 1.35 bits per heavy atom. The highest BCUT2D eigenvalue weighted by Gasteiger charge is 2.58. The van der Waals surface area contributed by atoms with E-state index in [-0.39, 0.29) is 16.6 Å². The molecule has 1 aromatic carbocycles. The van der Waals surface area contributed by atoms with Crippen molar-refractivity contribution in [3.8, 4) is 5.75 Å². The number of thiazole rings is 1. The molecule has 0 unspecified atom stereocenters. The van der Waals surface area contributed by atoms with Crippen molar-refractivity contribution in [1.29, 1.82) is 0 Å². The standard InChI is InChI=1S/C24H30F2N8O10S2/c1-23(2)18(20(36)34(23)44-46(39,40)41)32-19(35)17(15-9-45-22(28)31-15)33-43-16(21(37)38)8-42-13-4-5-14(29-3)12(6-13)7-30-11-24(25,26)10-27/h4-7,9,16,18,29H,8,10-11,27H2,1-3H3,(H2,28,31)(H,32,35)(H,37,38)(H,39,40,41)/b30-7?,33-17-/t16-,18+/m0/s1. The quantitative estimate of drug-likeness (QED) is 0.0579. The SMILES string of the molecule is CNc1ccc(OC[C@H](O/N=C(\C(=O)N[C@@H]2C(=O)N(OS(=O)(=O)O)C2(C)C)c2csc(N)n2)C(=O)O)cc1C=NCC(F)(F)CN. The van der Waals surface area contributed by atoms with E-state index in [1.54, 1.807) is 7.05 Å². The van der Waals surface area contributed by atoms with Gasteiger partial charge in [-0.2, -0.15) is 13.5 Å². The van der Waals surface area contributed by atoms with Crippen LogP contribution in [0.5, 0.6) is 5.75 Å². The predicted molar refractivity (Wildman–Crippen MR) is 159 cm³/mol. The Balaban J connectivity index is 1.78. The first-order valence-electron chi connectivity index (χ1n) is 12.9. The minimum Gasteiger partial charge on any atom is -0.489 e. The molecule has 252 valence electrons. The highest BCUT2D eigenvalue weighted by Crippen LogP contribution is 2.33. The molecule has 2 heterocycles. The zero-order valence-electron chi connectivity index (χ0n) is 24.3. The van der Waals surface area contributed by atoms with Gasteiger partial charge in [0.15, 0.2) is 10.8 Å². The van der Waals surface area contributed by atoms with Gasteiger partial charge < -0.3 is 36.8 Å². The number of carboxylic acid groups (broad SMARTS) is 1. The number of hydroxylamine groups is 2. The molecule has 2 atom stereocenters. The van der Waals surface area contributed by atoms with Crippen molar-refractivity contribution in [3.63, 3.8) is 0 Å². The van der Waals surface area contributed by atoms with E-state index in [1.807, 2.05) is 0 Å². The number of benzene rings is 1. The number of nitrogens with zero attached hydrogens (tertiary/aromatic N) is 4.